The predicted molar refractivity (Wildman–Crippen MR) is 196 cm³/mol. The standard InChI is InChI=1S/C27H22N3Si.C13H24O2.Ir/c1-31(2,3)20-16-18-13-15-29-26-22-11-12-23-21(10-7-14-28-23)27(22)30(24(17-20)25(18)26)19-8-5-4-6-9-19;1-5-10(6-2)12(14)9-13(15)11(7-3)8-4;/h4-10,12-17H,1-3H3;9-11,14H,5-8H2,1-4H3;/q-1;;/b;12-9-;. The number of carbonyl (C=O) groups is 1. The summed E-state index contributed by atoms with van der Waals surface area (Å²) in [6.45, 7) is 15.3. The fraction of sp³-hybridized carbons (Fsp3) is 0.325. The summed E-state index contributed by atoms with van der Waals surface area (Å²) in [5, 5.41) is 14.8. The molecule has 0 unspecified atom stereocenters. The summed E-state index contributed by atoms with van der Waals surface area (Å²) < 4.78 is 0. The summed E-state index contributed by atoms with van der Waals surface area (Å²) in [5.74, 6) is 0.547. The molecule has 0 aliphatic carbocycles. The van der Waals surface area contributed by atoms with Gasteiger partial charge in [-0.25, -0.2) is 0 Å². The quantitative estimate of drug-likeness (QED) is 0.0681. The Morgan fingerprint density at radius 1 is 0.894 bits per heavy atom. The van der Waals surface area contributed by atoms with E-state index in [9.17, 15) is 9.90 Å². The van der Waals surface area contributed by atoms with Gasteiger partial charge in [0.1, 0.15) is 0 Å². The molecule has 1 N–H and O–H groups in total. The molecule has 0 bridgehead atoms. The van der Waals surface area contributed by atoms with E-state index >= 15 is 0 Å². The number of nitrogens with zero attached hydrogens (tertiary/aromatic N) is 3. The number of anilines is 3. The Morgan fingerprint density at radius 2 is 1.57 bits per heavy atom. The van der Waals surface area contributed by atoms with Crippen LogP contribution in [0.2, 0.25) is 19.6 Å². The molecule has 1 aliphatic rings. The van der Waals surface area contributed by atoms with Crippen LogP contribution < -0.4 is 10.1 Å². The first-order chi connectivity index (χ1) is 22.1. The summed E-state index contributed by atoms with van der Waals surface area (Å²) in [7, 11) is -1.53. The molecule has 0 saturated heterocycles. The number of para-hydroxylation sites is 1. The van der Waals surface area contributed by atoms with Gasteiger partial charge in [-0.1, -0.05) is 88.2 Å². The third-order valence-corrected chi connectivity index (χ3v) is 11.2. The molecule has 247 valence electrons. The molecule has 0 fully saturated rings. The summed E-state index contributed by atoms with van der Waals surface area (Å²) in [4.78, 5) is 23.5. The van der Waals surface area contributed by atoms with Crippen LogP contribution in [0.15, 0.2) is 91.0 Å². The second-order valence-corrected chi connectivity index (χ2v) is 18.2. The number of benzene rings is 3. The van der Waals surface area contributed by atoms with Crippen LogP contribution in [-0.2, 0) is 24.9 Å². The number of allylic oxidation sites excluding steroid dienone is 2. The first-order valence-electron chi connectivity index (χ1n) is 16.6. The van der Waals surface area contributed by atoms with Gasteiger partial charge in [0.05, 0.1) is 13.8 Å². The normalized spacial score (nSPS) is 12.5. The summed E-state index contributed by atoms with van der Waals surface area (Å²) >= 11 is 0. The van der Waals surface area contributed by atoms with E-state index in [0.717, 1.165) is 59.2 Å². The SMILES string of the molecule is CCC(CC)C(=O)/C=C(\O)C(CC)CC.C[Si](C)(C)c1cc2c3c(nccc3c1)-c1[c-]cc3ncccc3c1N2c1ccccc1.[Ir]. The van der Waals surface area contributed by atoms with E-state index in [-0.39, 0.29) is 43.5 Å². The van der Waals surface area contributed by atoms with Crippen molar-refractivity contribution < 1.29 is 30.0 Å². The Bertz CT molecular complexity index is 1880. The molecule has 1 radical (unpaired) electrons. The largest absolute Gasteiger partial charge is 0.512 e. The molecule has 0 amide bonds. The van der Waals surface area contributed by atoms with E-state index in [0.29, 0.717) is 0 Å². The van der Waals surface area contributed by atoms with Crippen molar-refractivity contribution in [2.75, 3.05) is 4.90 Å². The minimum absolute atomic E-state index is 0. The van der Waals surface area contributed by atoms with Crippen LogP contribution in [0.5, 0.6) is 0 Å². The number of ketones is 1. The monoisotopic (exact) mass is 821 g/mol. The third-order valence-electron chi connectivity index (χ3n) is 9.19. The first-order valence-corrected chi connectivity index (χ1v) is 20.1. The number of pyridine rings is 2. The minimum Gasteiger partial charge on any atom is -0.512 e. The maximum Gasteiger partial charge on any atom is 0.162 e. The van der Waals surface area contributed by atoms with E-state index in [1.165, 1.54) is 27.7 Å². The maximum absolute atomic E-state index is 11.7. The zero-order chi connectivity index (χ0) is 33.0. The Morgan fingerprint density at radius 3 is 2.21 bits per heavy atom. The summed E-state index contributed by atoms with van der Waals surface area (Å²) in [6.07, 6.45) is 8.68. The van der Waals surface area contributed by atoms with Crippen LogP contribution in [0.25, 0.3) is 32.9 Å². The molecule has 5 aromatic rings. The summed E-state index contributed by atoms with van der Waals surface area (Å²) in [5.41, 5.74) is 6.42. The number of aliphatic hydroxyl groups excluding tert-OH is 1. The van der Waals surface area contributed by atoms with Crippen LogP contribution in [0.1, 0.15) is 53.4 Å². The Hall–Kier alpha value is -3.64. The molecular formula is C40H46IrN3O2Si-. The number of fused-ring (bicyclic) bond motifs is 4. The predicted octanol–water partition coefficient (Wildman–Crippen LogP) is 10.4. The number of carbonyl (C=O) groups excluding carboxylic acids is 1. The zero-order valence-corrected chi connectivity index (χ0v) is 32.0. The Labute approximate surface area is 294 Å². The third kappa shape index (κ3) is 7.43. The molecule has 2 aromatic heterocycles. The van der Waals surface area contributed by atoms with Gasteiger partial charge in [0.25, 0.3) is 0 Å². The van der Waals surface area contributed by atoms with Crippen LogP contribution >= 0.6 is 0 Å². The molecule has 0 spiro atoms. The van der Waals surface area contributed by atoms with Crippen molar-refractivity contribution in [2.24, 2.45) is 11.8 Å². The molecule has 7 heteroatoms. The van der Waals surface area contributed by atoms with E-state index in [1.807, 2.05) is 52.2 Å². The molecule has 6 rings (SSSR count). The first kappa shape index (κ1) is 36.2. The molecular weight excluding hydrogens is 775 g/mol. The van der Waals surface area contributed by atoms with E-state index in [2.05, 4.69) is 90.2 Å². The fourth-order valence-electron chi connectivity index (χ4n) is 6.33. The van der Waals surface area contributed by atoms with Crippen LogP contribution in [0.3, 0.4) is 0 Å². The average Bonchev–Trinajstić information content (AvgIpc) is 3.06. The molecule has 3 heterocycles. The average molecular weight is 821 g/mol. The smallest absolute Gasteiger partial charge is 0.162 e. The van der Waals surface area contributed by atoms with Crippen molar-refractivity contribution in [3.05, 3.63) is 97.0 Å². The number of aromatic nitrogens is 2. The molecule has 47 heavy (non-hydrogen) atoms. The van der Waals surface area contributed by atoms with Crippen LogP contribution in [0.4, 0.5) is 17.1 Å². The number of hydrogen-bond donors (Lipinski definition) is 1. The van der Waals surface area contributed by atoms with Crippen molar-refractivity contribution in [1.29, 1.82) is 0 Å². The molecule has 1 aliphatic heterocycles. The number of hydrogen-bond acceptors (Lipinski definition) is 5. The maximum atomic E-state index is 11.7. The second kappa shape index (κ2) is 15.5. The van der Waals surface area contributed by atoms with Gasteiger partial charge in [0.2, 0.25) is 0 Å². The van der Waals surface area contributed by atoms with Gasteiger partial charge >= 0.3 is 0 Å². The van der Waals surface area contributed by atoms with Gasteiger partial charge in [0.15, 0.2) is 5.78 Å². The minimum atomic E-state index is -1.53. The van der Waals surface area contributed by atoms with E-state index in [1.54, 1.807) is 0 Å². The Balaban J connectivity index is 0.000000269. The second-order valence-electron chi connectivity index (χ2n) is 13.1. The van der Waals surface area contributed by atoms with Crippen LogP contribution in [0, 0.1) is 17.9 Å². The van der Waals surface area contributed by atoms with Gasteiger partial charge in [-0.3, -0.25) is 4.79 Å². The van der Waals surface area contributed by atoms with E-state index < -0.39 is 8.07 Å². The summed E-state index contributed by atoms with van der Waals surface area (Å²) in [6, 6.07) is 27.2. The van der Waals surface area contributed by atoms with Gasteiger partial charge in [-0.2, -0.15) is 0 Å². The van der Waals surface area contributed by atoms with Gasteiger partial charge < -0.3 is 20.0 Å². The van der Waals surface area contributed by atoms with Crippen molar-refractivity contribution in [3.8, 4) is 11.3 Å². The van der Waals surface area contributed by atoms with E-state index in [4.69, 9.17) is 4.98 Å². The Kier molecular flexibility index (Phi) is 11.9. The van der Waals surface area contributed by atoms with Crippen molar-refractivity contribution >= 4 is 57.8 Å². The fourth-order valence-corrected chi connectivity index (χ4v) is 7.49. The van der Waals surface area contributed by atoms with Gasteiger partial charge in [0, 0.05) is 61.8 Å². The number of rotatable bonds is 9. The molecule has 5 nitrogen and oxygen atoms in total. The van der Waals surface area contributed by atoms with Gasteiger partial charge in [-0.05, 0) is 83.7 Å². The molecule has 0 saturated carbocycles. The zero-order valence-electron chi connectivity index (χ0n) is 28.6. The van der Waals surface area contributed by atoms with Crippen molar-refractivity contribution in [1.82, 2.24) is 9.97 Å². The van der Waals surface area contributed by atoms with Crippen molar-refractivity contribution in [3.63, 3.8) is 0 Å². The topological polar surface area (TPSA) is 66.3 Å². The molecule has 0 atom stereocenters. The molecule has 3 aromatic carbocycles. The van der Waals surface area contributed by atoms with Crippen LogP contribution in [-0.4, -0.2) is 28.9 Å². The number of aliphatic hydroxyl groups is 1. The van der Waals surface area contributed by atoms with Crippen molar-refractivity contribution in [2.45, 2.75) is 73.0 Å². The van der Waals surface area contributed by atoms with Gasteiger partial charge in [-0.15, -0.1) is 17.7 Å².